The maximum atomic E-state index is 12.3. The van der Waals surface area contributed by atoms with E-state index in [9.17, 15) is 14.4 Å². The highest BCUT2D eigenvalue weighted by molar-refractivity contribution is 6.10. The summed E-state index contributed by atoms with van der Waals surface area (Å²) in [7, 11) is 0. The molecular formula is C15H23N3O3. The van der Waals surface area contributed by atoms with Crippen LogP contribution in [-0.2, 0) is 14.4 Å². The Hall–Kier alpha value is -1.43. The van der Waals surface area contributed by atoms with Gasteiger partial charge in [0, 0.05) is 6.54 Å². The molecule has 1 heterocycles. The van der Waals surface area contributed by atoms with Crippen molar-refractivity contribution in [1.82, 2.24) is 4.90 Å². The maximum absolute atomic E-state index is 12.3. The zero-order valence-corrected chi connectivity index (χ0v) is 12.6. The van der Waals surface area contributed by atoms with Crippen molar-refractivity contribution in [2.45, 2.75) is 45.1 Å². The van der Waals surface area contributed by atoms with Crippen LogP contribution in [0.3, 0.4) is 0 Å². The molecule has 0 aromatic carbocycles. The van der Waals surface area contributed by atoms with Crippen LogP contribution in [0.2, 0.25) is 0 Å². The molecular weight excluding hydrogens is 270 g/mol. The Balaban J connectivity index is 1.64. The number of primary amides is 1. The first-order valence-corrected chi connectivity index (χ1v) is 7.65. The molecule has 0 aromatic rings. The molecule has 0 bridgehead atoms. The highest BCUT2D eigenvalue weighted by Gasteiger charge is 2.72. The molecule has 1 aliphatic heterocycles. The van der Waals surface area contributed by atoms with Crippen LogP contribution in [0.5, 0.6) is 0 Å². The smallest absolute Gasteiger partial charge is 0.237 e. The van der Waals surface area contributed by atoms with Crippen LogP contribution in [0.4, 0.5) is 0 Å². The van der Waals surface area contributed by atoms with Crippen molar-refractivity contribution in [3.63, 3.8) is 0 Å². The molecule has 6 heteroatoms. The van der Waals surface area contributed by atoms with Gasteiger partial charge in [-0.1, -0.05) is 20.3 Å². The lowest BCUT2D eigenvalue weighted by atomic mass is 9.85. The molecule has 6 nitrogen and oxygen atoms in total. The predicted octanol–water partition coefficient (Wildman–Crippen LogP) is 0.000400. The van der Waals surface area contributed by atoms with Gasteiger partial charge in [0.2, 0.25) is 17.7 Å². The summed E-state index contributed by atoms with van der Waals surface area (Å²) in [6.45, 7) is 4.28. The third-order valence-electron chi connectivity index (χ3n) is 5.92. The number of nitrogens with zero attached hydrogens (tertiary/aromatic N) is 1. The van der Waals surface area contributed by atoms with Crippen LogP contribution in [-0.4, -0.2) is 34.7 Å². The molecule has 116 valence electrons. The minimum absolute atomic E-state index is 0.0412. The van der Waals surface area contributed by atoms with Gasteiger partial charge in [-0.25, -0.2) is 0 Å². The summed E-state index contributed by atoms with van der Waals surface area (Å²) in [6.07, 6.45) is 2.85. The zero-order valence-electron chi connectivity index (χ0n) is 12.6. The van der Waals surface area contributed by atoms with Crippen LogP contribution < -0.4 is 11.5 Å². The first-order chi connectivity index (χ1) is 9.71. The van der Waals surface area contributed by atoms with E-state index in [1.165, 1.54) is 4.90 Å². The number of piperidine rings is 1. The number of fused-ring (bicyclic) bond motifs is 1. The van der Waals surface area contributed by atoms with Gasteiger partial charge in [-0.2, -0.15) is 0 Å². The molecule has 0 aromatic heterocycles. The SMILES string of the molecule is CC1(C)C2C(=O)N(CCC3CCCC3(N)C(N)=O)C(=O)C21. The summed E-state index contributed by atoms with van der Waals surface area (Å²) in [6, 6.07) is 0. The summed E-state index contributed by atoms with van der Waals surface area (Å²) in [5.41, 5.74) is 10.4. The van der Waals surface area contributed by atoms with Gasteiger partial charge in [-0.05, 0) is 30.6 Å². The fourth-order valence-electron chi connectivity index (χ4n) is 4.34. The van der Waals surface area contributed by atoms with Crippen LogP contribution in [0.1, 0.15) is 39.5 Å². The Morgan fingerprint density at radius 2 is 1.86 bits per heavy atom. The molecule has 4 N–H and O–H groups in total. The van der Waals surface area contributed by atoms with Crippen LogP contribution >= 0.6 is 0 Å². The van der Waals surface area contributed by atoms with Gasteiger partial charge in [0.05, 0.1) is 17.4 Å². The second kappa shape index (κ2) is 4.29. The average molecular weight is 293 g/mol. The molecule has 2 saturated carbocycles. The van der Waals surface area contributed by atoms with E-state index in [2.05, 4.69) is 0 Å². The van der Waals surface area contributed by atoms with E-state index in [-0.39, 0.29) is 35.0 Å². The topological polar surface area (TPSA) is 106 Å². The third kappa shape index (κ3) is 1.84. The number of nitrogens with two attached hydrogens (primary N) is 2. The molecule has 21 heavy (non-hydrogen) atoms. The second-order valence-electron chi connectivity index (χ2n) is 7.39. The van der Waals surface area contributed by atoms with Crippen molar-refractivity contribution in [3.8, 4) is 0 Å². The number of carbonyl (C=O) groups excluding carboxylic acids is 3. The first kappa shape index (κ1) is 14.5. The van der Waals surface area contributed by atoms with Crippen LogP contribution in [0.15, 0.2) is 0 Å². The molecule has 0 spiro atoms. The van der Waals surface area contributed by atoms with E-state index < -0.39 is 11.4 Å². The Bertz CT molecular complexity index is 506. The van der Waals surface area contributed by atoms with E-state index >= 15 is 0 Å². The number of carbonyl (C=O) groups is 3. The van der Waals surface area contributed by atoms with Gasteiger partial charge in [0.1, 0.15) is 0 Å². The molecule has 2 aliphatic carbocycles. The Labute approximate surface area is 124 Å². The lowest BCUT2D eigenvalue weighted by Gasteiger charge is -2.29. The van der Waals surface area contributed by atoms with E-state index in [4.69, 9.17) is 11.5 Å². The monoisotopic (exact) mass is 293 g/mol. The summed E-state index contributed by atoms with van der Waals surface area (Å²) in [4.78, 5) is 37.4. The fourth-order valence-corrected chi connectivity index (χ4v) is 4.34. The Morgan fingerprint density at radius 3 is 2.38 bits per heavy atom. The third-order valence-corrected chi connectivity index (χ3v) is 5.92. The molecule has 4 unspecified atom stereocenters. The molecule has 4 atom stereocenters. The van der Waals surface area contributed by atoms with Gasteiger partial charge in [0.25, 0.3) is 0 Å². The number of imide groups is 1. The van der Waals surface area contributed by atoms with E-state index in [1.807, 2.05) is 13.8 Å². The van der Waals surface area contributed by atoms with E-state index in [1.54, 1.807) is 0 Å². The summed E-state index contributed by atoms with van der Waals surface area (Å²) in [5.74, 6) is -0.933. The molecule has 1 saturated heterocycles. The van der Waals surface area contributed by atoms with Gasteiger partial charge in [0.15, 0.2) is 0 Å². The van der Waals surface area contributed by atoms with Gasteiger partial charge >= 0.3 is 0 Å². The zero-order chi connectivity index (χ0) is 15.6. The quantitative estimate of drug-likeness (QED) is 0.711. The van der Waals surface area contributed by atoms with Crippen LogP contribution in [0.25, 0.3) is 0 Å². The lowest BCUT2D eigenvalue weighted by Crippen LogP contribution is -2.55. The fraction of sp³-hybridized carbons (Fsp3) is 0.800. The van der Waals surface area contributed by atoms with Crippen molar-refractivity contribution >= 4 is 17.7 Å². The van der Waals surface area contributed by atoms with E-state index in [0.717, 1.165) is 12.8 Å². The predicted molar refractivity (Wildman–Crippen MR) is 75.6 cm³/mol. The Morgan fingerprint density at radius 1 is 1.29 bits per heavy atom. The maximum Gasteiger partial charge on any atom is 0.237 e. The number of amides is 3. The Kier molecular flexibility index (Phi) is 2.96. The van der Waals surface area contributed by atoms with Gasteiger partial charge in [-0.3, -0.25) is 19.3 Å². The second-order valence-corrected chi connectivity index (χ2v) is 7.39. The van der Waals surface area contributed by atoms with Gasteiger partial charge in [-0.15, -0.1) is 0 Å². The molecule has 3 fully saturated rings. The number of rotatable bonds is 4. The van der Waals surface area contributed by atoms with Crippen molar-refractivity contribution in [1.29, 1.82) is 0 Å². The van der Waals surface area contributed by atoms with Crippen molar-refractivity contribution < 1.29 is 14.4 Å². The minimum Gasteiger partial charge on any atom is -0.368 e. The van der Waals surface area contributed by atoms with E-state index in [0.29, 0.717) is 19.4 Å². The highest BCUT2D eigenvalue weighted by Crippen LogP contribution is 2.63. The largest absolute Gasteiger partial charge is 0.368 e. The summed E-state index contributed by atoms with van der Waals surface area (Å²) in [5, 5.41) is 0. The lowest BCUT2D eigenvalue weighted by molar-refractivity contribution is -0.143. The van der Waals surface area contributed by atoms with Crippen molar-refractivity contribution in [2.75, 3.05) is 6.54 Å². The molecule has 3 aliphatic rings. The molecule has 3 amide bonds. The van der Waals surface area contributed by atoms with Crippen molar-refractivity contribution in [2.24, 2.45) is 34.6 Å². The number of likely N-dealkylation sites (tertiary alicyclic amines) is 1. The summed E-state index contributed by atoms with van der Waals surface area (Å²) >= 11 is 0. The number of hydrogen-bond donors (Lipinski definition) is 2. The normalized spacial score (nSPS) is 40.5. The molecule has 3 rings (SSSR count). The summed E-state index contributed by atoms with van der Waals surface area (Å²) < 4.78 is 0. The first-order valence-electron chi connectivity index (χ1n) is 7.65. The molecule has 0 radical (unpaired) electrons. The average Bonchev–Trinajstić information content (AvgIpc) is 2.66. The van der Waals surface area contributed by atoms with Crippen molar-refractivity contribution in [3.05, 3.63) is 0 Å². The minimum atomic E-state index is -0.978. The number of hydrogen-bond acceptors (Lipinski definition) is 4. The van der Waals surface area contributed by atoms with Gasteiger partial charge < -0.3 is 11.5 Å². The standard InChI is InChI=1S/C15H23N3O3/c1-14(2)9-10(14)12(20)18(11(9)19)7-5-8-4-3-6-15(8,17)13(16)21/h8-10H,3-7,17H2,1-2H3,(H2,16,21). The highest BCUT2D eigenvalue weighted by atomic mass is 16.2. The van der Waals surface area contributed by atoms with Crippen LogP contribution in [0, 0.1) is 23.2 Å².